The van der Waals surface area contributed by atoms with Gasteiger partial charge in [0.2, 0.25) is 10.0 Å². The zero-order chi connectivity index (χ0) is 24.0. The molecule has 1 atom stereocenters. The molecular formula is C23H27ClN2O6S. The Morgan fingerprint density at radius 2 is 1.88 bits per heavy atom. The van der Waals surface area contributed by atoms with Gasteiger partial charge in [0.05, 0.1) is 12.7 Å². The van der Waals surface area contributed by atoms with E-state index in [0.717, 1.165) is 19.3 Å². The lowest BCUT2D eigenvalue weighted by atomic mass is 10.0. The second-order valence-electron chi connectivity index (χ2n) is 7.82. The van der Waals surface area contributed by atoms with Crippen molar-refractivity contribution in [1.29, 1.82) is 0 Å². The van der Waals surface area contributed by atoms with E-state index in [1.54, 1.807) is 29.2 Å². The molecule has 1 saturated heterocycles. The van der Waals surface area contributed by atoms with Crippen LogP contribution in [0.15, 0.2) is 47.4 Å². The van der Waals surface area contributed by atoms with Crippen LogP contribution in [0.4, 0.5) is 0 Å². The quantitative estimate of drug-likeness (QED) is 0.564. The topological polar surface area (TPSA) is 102 Å². The smallest absolute Gasteiger partial charge is 0.338 e. The molecule has 0 spiro atoms. The molecule has 0 saturated carbocycles. The van der Waals surface area contributed by atoms with E-state index in [2.05, 4.69) is 4.72 Å². The molecule has 1 fully saturated rings. The largest absolute Gasteiger partial charge is 0.495 e. The molecule has 1 unspecified atom stereocenters. The van der Waals surface area contributed by atoms with Crippen molar-refractivity contribution < 1.29 is 27.5 Å². The van der Waals surface area contributed by atoms with Gasteiger partial charge in [-0.2, -0.15) is 0 Å². The number of carbonyl (C=O) groups is 2. The summed E-state index contributed by atoms with van der Waals surface area (Å²) in [6, 6.07) is 10.8. The van der Waals surface area contributed by atoms with Crippen molar-refractivity contribution >= 4 is 33.5 Å². The van der Waals surface area contributed by atoms with E-state index in [1.165, 1.54) is 25.3 Å². The van der Waals surface area contributed by atoms with E-state index in [0.29, 0.717) is 17.1 Å². The van der Waals surface area contributed by atoms with Crippen molar-refractivity contribution in [3.63, 3.8) is 0 Å². The van der Waals surface area contributed by atoms with Crippen molar-refractivity contribution in [3.8, 4) is 5.75 Å². The molecule has 0 aliphatic carbocycles. The van der Waals surface area contributed by atoms with Gasteiger partial charge in [-0.1, -0.05) is 23.7 Å². The van der Waals surface area contributed by atoms with Gasteiger partial charge in [-0.15, -0.1) is 0 Å². The Morgan fingerprint density at radius 3 is 2.55 bits per heavy atom. The number of piperidine rings is 1. The lowest BCUT2D eigenvalue weighted by Gasteiger charge is -2.33. The average Bonchev–Trinajstić information content (AvgIpc) is 2.82. The van der Waals surface area contributed by atoms with E-state index in [9.17, 15) is 18.0 Å². The van der Waals surface area contributed by atoms with E-state index < -0.39 is 22.6 Å². The predicted molar refractivity (Wildman–Crippen MR) is 124 cm³/mol. The van der Waals surface area contributed by atoms with Crippen LogP contribution in [0.1, 0.15) is 42.1 Å². The number of nitrogens with one attached hydrogen (secondary N) is 1. The highest BCUT2D eigenvalue weighted by Crippen LogP contribution is 2.26. The number of methoxy groups -OCH3 is 1. The Balaban J connectivity index is 1.70. The number of carbonyl (C=O) groups excluding carboxylic acids is 2. The fourth-order valence-electron chi connectivity index (χ4n) is 3.63. The van der Waals surface area contributed by atoms with Gasteiger partial charge in [0, 0.05) is 24.2 Å². The minimum Gasteiger partial charge on any atom is -0.495 e. The normalized spacial score (nSPS) is 16.3. The fourth-order valence-corrected chi connectivity index (χ4v) is 4.97. The Morgan fingerprint density at radius 1 is 1.15 bits per heavy atom. The number of benzene rings is 2. The number of ether oxygens (including phenoxy) is 2. The maximum absolute atomic E-state index is 12.9. The third-order valence-electron chi connectivity index (χ3n) is 5.52. The molecule has 1 heterocycles. The molecule has 1 aliphatic rings. The van der Waals surface area contributed by atoms with Crippen LogP contribution in [0.5, 0.6) is 5.75 Å². The second-order valence-corrected chi connectivity index (χ2v) is 10.00. The van der Waals surface area contributed by atoms with Gasteiger partial charge in [-0.05, 0) is 62.1 Å². The molecule has 10 heteroatoms. The van der Waals surface area contributed by atoms with Gasteiger partial charge in [0.25, 0.3) is 5.91 Å². The molecule has 0 radical (unpaired) electrons. The van der Waals surface area contributed by atoms with Crippen molar-refractivity contribution in [2.45, 2.75) is 43.7 Å². The highest BCUT2D eigenvalue weighted by atomic mass is 35.5. The molecule has 3 rings (SSSR count). The first kappa shape index (κ1) is 25.0. The van der Waals surface area contributed by atoms with Crippen LogP contribution in [0.2, 0.25) is 5.02 Å². The van der Waals surface area contributed by atoms with Gasteiger partial charge in [-0.25, -0.2) is 17.9 Å². The summed E-state index contributed by atoms with van der Waals surface area (Å²) in [6.07, 6.45) is 2.91. The summed E-state index contributed by atoms with van der Waals surface area (Å²) < 4.78 is 38.6. The van der Waals surface area contributed by atoms with Gasteiger partial charge < -0.3 is 14.4 Å². The first-order valence-electron chi connectivity index (χ1n) is 10.6. The first-order valence-corrected chi connectivity index (χ1v) is 12.5. The summed E-state index contributed by atoms with van der Waals surface area (Å²) in [5.74, 6) is -0.972. The summed E-state index contributed by atoms with van der Waals surface area (Å²) in [4.78, 5) is 26.5. The van der Waals surface area contributed by atoms with Crippen LogP contribution in [0.25, 0.3) is 0 Å². The lowest BCUT2D eigenvalue weighted by molar-refractivity contribution is -0.137. The second kappa shape index (κ2) is 11.0. The van der Waals surface area contributed by atoms with Crippen molar-refractivity contribution in [1.82, 2.24) is 9.62 Å². The van der Waals surface area contributed by atoms with E-state index >= 15 is 0 Å². The molecule has 33 heavy (non-hydrogen) atoms. The van der Waals surface area contributed by atoms with Crippen LogP contribution < -0.4 is 9.46 Å². The Bertz CT molecular complexity index is 1100. The molecule has 8 nitrogen and oxygen atoms in total. The van der Waals surface area contributed by atoms with Crippen LogP contribution in [-0.2, 0) is 26.1 Å². The third kappa shape index (κ3) is 6.46. The van der Waals surface area contributed by atoms with Crippen LogP contribution >= 0.6 is 11.6 Å². The average molecular weight is 495 g/mol. The number of hydrogen-bond donors (Lipinski definition) is 1. The van der Waals surface area contributed by atoms with E-state index in [-0.39, 0.29) is 34.7 Å². The van der Waals surface area contributed by atoms with Crippen LogP contribution in [-0.4, -0.2) is 51.5 Å². The monoisotopic (exact) mass is 494 g/mol. The number of esters is 1. The molecule has 178 valence electrons. The zero-order valence-electron chi connectivity index (χ0n) is 18.5. The summed E-state index contributed by atoms with van der Waals surface area (Å²) in [5.41, 5.74) is 0.713. The number of sulfonamides is 1. The Labute approximate surface area is 198 Å². The van der Waals surface area contributed by atoms with Gasteiger partial charge in [0.15, 0.2) is 6.61 Å². The summed E-state index contributed by atoms with van der Waals surface area (Å²) in [7, 11) is -2.68. The molecule has 1 N–H and O–H groups in total. The van der Waals surface area contributed by atoms with Crippen LogP contribution in [0, 0.1) is 0 Å². The number of amides is 1. The number of nitrogens with zero attached hydrogens (tertiary/aromatic N) is 1. The van der Waals surface area contributed by atoms with Crippen LogP contribution in [0.3, 0.4) is 0 Å². The minimum absolute atomic E-state index is 0.00200. The fraction of sp³-hybridized carbons (Fsp3) is 0.391. The van der Waals surface area contributed by atoms with Crippen molar-refractivity contribution in [2.24, 2.45) is 0 Å². The summed E-state index contributed by atoms with van der Waals surface area (Å²) in [6.45, 7) is 2.24. The molecule has 2 aromatic carbocycles. The molecule has 0 bridgehead atoms. The Hall–Kier alpha value is -2.62. The predicted octanol–water partition coefficient (Wildman–Crippen LogP) is 3.38. The molecule has 1 amide bonds. The number of hydrogen-bond acceptors (Lipinski definition) is 6. The van der Waals surface area contributed by atoms with E-state index in [1.807, 2.05) is 6.92 Å². The highest BCUT2D eigenvalue weighted by Gasteiger charge is 2.25. The standard InChI is InChI=1S/C23H27ClN2O6S/c1-16-5-3-4-12-26(16)22(27)15-32-23(28)18-8-11-20(31-2)21(13-18)33(29,30)25-14-17-6-9-19(24)10-7-17/h6-11,13,16,25H,3-5,12,14-15H2,1-2H3. The Kier molecular flexibility index (Phi) is 8.34. The number of likely N-dealkylation sites (tertiary alicyclic amines) is 1. The first-order chi connectivity index (χ1) is 15.7. The van der Waals surface area contributed by atoms with Gasteiger partial charge in [0.1, 0.15) is 10.6 Å². The molecular weight excluding hydrogens is 468 g/mol. The molecule has 1 aliphatic heterocycles. The summed E-state index contributed by atoms with van der Waals surface area (Å²) >= 11 is 5.86. The zero-order valence-corrected chi connectivity index (χ0v) is 20.1. The SMILES string of the molecule is COc1ccc(C(=O)OCC(=O)N2CCCCC2C)cc1S(=O)(=O)NCc1ccc(Cl)cc1. The third-order valence-corrected chi connectivity index (χ3v) is 7.19. The van der Waals surface area contributed by atoms with Crippen molar-refractivity contribution in [2.75, 3.05) is 20.3 Å². The molecule has 0 aromatic heterocycles. The van der Waals surface area contributed by atoms with Gasteiger partial charge in [-0.3, -0.25) is 4.79 Å². The van der Waals surface area contributed by atoms with Gasteiger partial charge >= 0.3 is 5.97 Å². The molecule has 2 aromatic rings. The summed E-state index contributed by atoms with van der Waals surface area (Å²) in [5, 5.41) is 0.544. The maximum atomic E-state index is 12.9. The minimum atomic E-state index is -4.01. The maximum Gasteiger partial charge on any atom is 0.338 e. The highest BCUT2D eigenvalue weighted by molar-refractivity contribution is 7.89. The lowest BCUT2D eigenvalue weighted by Crippen LogP contribution is -2.44. The van der Waals surface area contributed by atoms with E-state index in [4.69, 9.17) is 21.1 Å². The van der Waals surface area contributed by atoms with Crippen molar-refractivity contribution in [3.05, 3.63) is 58.6 Å². The number of rotatable bonds is 8. The number of halogens is 1.